The Morgan fingerprint density at radius 3 is 3.08 bits per heavy atom. The van der Waals surface area contributed by atoms with Gasteiger partial charge < -0.3 is 10.3 Å². The Morgan fingerprint density at radius 1 is 1.83 bits per heavy atom. The fourth-order valence-corrected chi connectivity index (χ4v) is 0.597. The minimum atomic E-state index is -0.0857. The third-order valence-corrected chi connectivity index (χ3v) is 1.08. The van der Waals surface area contributed by atoms with Gasteiger partial charge in [0.2, 0.25) is 11.9 Å². The number of aromatic nitrogens is 2. The molecule has 0 atom stereocenters. The number of nitrogens with one attached hydrogen (secondary N) is 1. The van der Waals surface area contributed by atoms with E-state index in [9.17, 15) is 0 Å². The number of rotatable bonds is 2. The van der Waals surface area contributed by atoms with Crippen molar-refractivity contribution in [2.24, 2.45) is 10.7 Å². The Balaban J connectivity index is 2.53. The van der Waals surface area contributed by atoms with Crippen molar-refractivity contribution in [1.82, 2.24) is 15.6 Å². The molecular formula is C5H9N5O2. The van der Waals surface area contributed by atoms with Gasteiger partial charge in [0.1, 0.15) is 6.54 Å². The van der Waals surface area contributed by atoms with Crippen molar-refractivity contribution in [3.63, 3.8) is 0 Å². The highest BCUT2D eigenvalue weighted by Gasteiger charge is 1.99. The lowest BCUT2D eigenvalue weighted by atomic mass is 10.6. The monoisotopic (exact) mass is 171 g/mol. The molecule has 0 amide bonds. The molecule has 0 aliphatic rings. The molecule has 66 valence electrons. The van der Waals surface area contributed by atoms with Crippen LogP contribution in [0.1, 0.15) is 11.7 Å². The first-order chi connectivity index (χ1) is 5.72. The molecule has 0 spiro atoms. The molecule has 0 aliphatic heterocycles. The number of hydroxylamine groups is 1. The minimum Gasteiger partial charge on any atom is -0.368 e. The lowest BCUT2D eigenvalue weighted by molar-refractivity contribution is 0.232. The highest BCUT2D eigenvalue weighted by molar-refractivity contribution is 5.76. The molecule has 0 saturated heterocycles. The largest absolute Gasteiger partial charge is 0.368 e. The van der Waals surface area contributed by atoms with Gasteiger partial charge in [0.05, 0.1) is 0 Å². The molecule has 0 unspecified atom stereocenters. The molecule has 1 aromatic heterocycles. The fourth-order valence-electron chi connectivity index (χ4n) is 0.597. The maximum absolute atomic E-state index is 8.25. The first kappa shape index (κ1) is 8.47. The zero-order valence-electron chi connectivity index (χ0n) is 6.48. The van der Waals surface area contributed by atoms with Gasteiger partial charge in [-0.2, -0.15) is 4.98 Å². The molecule has 0 bridgehead atoms. The SMILES string of the molecule is Cc1nc(CN=C(N)NO)no1. The van der Waals surface area contributed by atoms with Crippen molar-refractivity contribution in [1.29, 1.82) is 0 Å². The van der Waals surface area contributed by atoms with E-state index in [2.05, 4.69) is 19.7 Å². The topological polar surface area (TPSA) is 110 Å². The van der Waals surface area contributed by atoms with Crippen LogP contribution >= 0.6 is 0 Å². The maximum Gasteiger partial charge on any atom is 0.223 e. The van der Waals surface area contributed by atoms with Crippen LogP contribution in [0, 0.1) is 6.92 Å². The minimum absolute atomic E-state index is 0.0857. The number of aryl methyl sites for hydroxylation is 1. The van der Waals surface area contributed by atoms with E-state index in [0.717, 1.165) is 0 Å². The zero-order chi connectivity index (χ0) is 8.97. The number of guanidine groups is 1. The van der Waals surface area contributed by atoms with Gasteiger partial charge in [-0.15, -0.1) is 0 Å². The van der Waals surface area contributed by atoms with Crippen LogP contribution in [0.15, 0.2) is 9.52 Å². The van der Waals surface area contributed by atoms with E-state index in [4.69, 9.17) is 10.9 Å². The Kier molecular flexibility index (Phi) is 2.59. The first-order valence-electron chi connectivity index (χ1n) is 3.21. The summed E-state index contributed by atoms with van der Waals surface area (Å²) in [6, 6.07) is 0. The van der Waals surface area contributed by atoms with Gasteiger partial charge in [-0.3, -0.25) is 5.21 Å². The molecule has 12 heavy (non-hydrogen) atoms. The third-order valence-electron chi connectivity index (χ3n) is 1.08. The van der Waals surface area contributed by atoms with Crippen molar-refractivity contribution in [3.8, 4) is 0 Å². The van der Waals surface area contributed by atoms with E-state index < -0.39 is 0 Å². The second kappa shape index (κ2) is 3.67. The van der Waals surface area contributed by atoms with E-state index in [1.807, 2.05) is 0 Å². The third kappa shape index (κ3) is 2.20. The molecule has 1 aromatic rings. The summed E-state index contributed by atoms with van der Waals surface area (Å²) in [7, 11) is 0. The zero-order valence-corrected chi connectivity index (χ0v) is 6.48. The number of nitrogens with zero attached hydrogens (tertiary/aromatic N) is 3. The van der Waals surface area contributed by atoms with Crippen molar-refractivity contribution in [3.05, 3.63) is 11.7 Å². The number of hydrogen-bond acceptors (Lipinski definition) is 5. The Morgan fingerprint density at radius 2 is 2.58 bits per heavy atom. The molecule has 0 aliphatic carbocycles. The summed E-state index contributed by atoms with van der Waals surface area (Å²) in [6.45, 7) is 1.85. The van der Waals surface area contributed by atoms with Crippen LogP contribution in [0.5, 0.6) is 0 Å². The summed E-state index contributed by atoms with van der Waals surface area (Å²) in [5.74, 6) is 0.805. The molecule has 0 saturated carbocycles. The van der Waals surface area contributed by atoms with Gasteiger partial charge in [0, 0.05) is 6.92 Å². The van der Waals surface area contributed by atoms with Gasteiger partial charge in [-0.1, -0.05) is 5.16 Å². The number of aliphatic imine (C=N–C) groups is 1. The Labute approximate surface area is 68.2 Å². The van der Waals surface area contributed by atoms with Crippen molar-refractivity contribution < 1.29 is 9.73 Å². The van der Waals surface area contributed by atoms with Crippen LogP contribution in [0.2, 0.25) is 0 Å². The number of hydrogen-bond donors (Lipinski definition) is 3. The molecule has 0 aromatic carbocycles. The average molecular weight is 171 g/mol. The van der Waals surface area contributed by atoms with Crippen LogP contribution in [0.4, 0.5) is 0 Å². The Bertz CT molecular complexity index is 281. The van der Waals surface area contributed by atoms with E-state index >= 15 is 0 Å². The van der Waals surface area contributed by atoms with Gasteiger partial charge in [0.25, 0.3) is 0 Å². The molecule has 1 rings (SSSR count). The van der Waals surface area contributed by atoms with Gasteiger partial charge in [0.15, 0.2) is 5.82 Å². The molecule has 7 nitrogen and oxygen atoms in total. The summed E-state index contributed by atoms with van der Waals surface area (Å²) in [6.07, 6.45) is 0. The van der Waals surface area contributed by atoms with Crippen LogP contribution in [0.3, 0.4) is 0 Å². The van der Waals surface area contributed by atoms with E-state index in [1.165, 1.54) is 0 Å². The van der Waals surface area contributed by atoms with Crippen molar-refractivity contribution in [2.75, 3.05) is 0 Å². The van der Waals surface area contributed by atoms with E-state index in [0.29, 0.717) is 11.7 Å². The highest BCUT2D eigenvalue weighted by atomic mass is 16.5. The lowest BCUT2D eigenvalue weighted by Crippen LogP contribution is -2.28. The van der Waals surface area contributed by atoms with Crippen molar-refractivity contribution in [2.45, 2.75) is 13.5 Å². The van der Waals surface area contributed by atoms with Crippen LogP contribution in [0.25, 0.3) is 0 Å². The average Bonchev–Trinajstić information content (AvgIpc) is 2.47. The predicted octanol–water partition coefficient (Wildman–Crippen LogP) is -0.828. The number of nitrogens with two attached hydrogens (primary N) is 1. The summed E-state index contributed by atoms with van der Waals surface area (Å²) >= 11 is 0. The summed E-state index contributed by atoms with van der Waals surface area (Å²) < 4.78 is 4.68. The molecular weight excluding hydrogens is 162 g/mol. The van der Waals surface area contributed by atoms with E-state index in [-0.39, 0.29) is 12.5 Å². The summed E-state index contributed by atoms with van der Waals surface area (Å²) in [4.78, 5) is 7.54. The lowest BCUT2D eigenvalue weighted by Gasteiger charge is -1.93. The summed E-state index contributed by atoms with van der Waals surface area (Å²) in [5.41, 5.74) is 6.81. The molecule has 0 radical (unpaired) electrons. The molecule has 7 heteroatoms. The van der Waals surface area contributed by atoms with Gasteiger partial charge >= 0.3 is 0 Å². The smallest absolute Gasteiger partial charge is 0.223 e. The highest BCUT2D eigenvalue weighted by Crippen LogP contribution is 1.95. The second-order valence-corrected chi connectivity index (χ2v) is 2.04. The normalized spacial score (nSPS) is 11.7. The second-order valence-electron chi connectivity index (χ2n) is 2.04. The fraction of sp³-hybridized carbons (Fsp3) is 0.400. The van der Waals surface area contributed by atoms with Crippen LogP contribution < -0.4 is 11.2 Å². The maximum atomic E-state index is 8.25. The standard InChI is InChI=1S/C5H9N5O2/c1-3-8-4(10-12-3)2-7-5(6)9-11/h11H,2H2,1H3,(H3,6,7,9). The summed E-state index contributed by atoms with van der Waals surface area (Å²) in [5, 5.41) is 11.8. The Hall–Kier alpha value is -1.63. The van der Waals surface area contributed by atoms with Gasteiger partial charge in [-0.25, -0.2) is 10.5 Å². The first-order valence-corrected chi connectivity index (χ1v) is 3.21. The predicted molar refractivity (Wildman–Crippen MR) is 39.3 cm³/mol. The van der Waals surface area contributed by atoms with E-state index in [1.54, 1.807) is 12.4 Å². The molecule has 1 heterocycles. The molecule has 0 fully saturated rings. The van der Waals surface area contributed by atoms with Gasteiger partial charge in [-0.05, 0) is 0 Å². The molecule has 4 N–H and O–H groups in total. The van der Waals surface area contributed by atoms with Crippen molar-refractivity contribution >= 4 is 5.96 Å². The quantitative estimate of drug-likeness (QED) is 0.304. The van der Waals surface area contributed by atoms with Crippen LogP contribution in [-0.4, -0.2) is 21.3 Å². The van der Waals surface area contributed by atoms with Crippen LogP contribution in [-0.2, 0) is 6.54 Å².